The summed E-state index contributed by atoms with van der Waals surface area (Å²) in [6.45, 7) is 1.63. The first-order chi connectivity index (χ1) is 14.4. The lowest BCUT2D eigenvalue weighted by Crippen LogP contribution is -2.30. The summed E-state index contributed by atoms with van der Waals surface area (Å²) >= 11 is 11.9. The summed E-state index contributed by atoms with van der Waals surface area (Å²) in [5.41, 5.74) is 1.71. The molecule has 0 bridgehead atoms. The Hall–Kier alpha value is -3.22. The molecule has 30 heavy (non-hydrogen) atoms. The predicted molar refractivity (Wildman–Crippen MR) is 121 cm³/mol. The van der Waals surface area contributed by atoms with E-state index in [4.69, 9.17) is 27.9 Å². The van der Waals surface area contributed by atoms with Crippen molar-refractivity contribution >= 4 is 52.2 Å². The molecule has 0 aliphatic carbocycles. The number of anilines is 3. The quantitative estimate of drug-likeness (QED) is 0.434. The Labute approximate surface area is 184 Å². The lowest BCUT2D eigenvalue weighted by molar-refractivity contribution is -0.122. The van der Waals surface area contributed by atoms with E-state index in [1.807, 2.05) is 0 Å². The van der Waals surface area contributed by atoms with Crippen LogP contribution in [-0.2, 0) is 4.79 Å². The van der Waals surface area contributed by atoms with Crippen LogP contribution in [0.5, 0.6) is 5.75 Å². The molecule has 1 unspecified atom stereocenters. The zero-order chi connectivity index (χ0) is 21.5. The van der Waals surface area contributed by atoms with Crippen molar-refractivity contribution < 1.29 is 14.3 Å². The van der Waals surface area contributed by atoms with Crippen LogP contribution in [0.3, 0.4) is 0 Å². The number of halogens is 2. The van der Waals surface area contributed by atoms with Gasteiger partial charge in [-0.05, 0) is 61.5 Å². The molecule has 0 fully saturated rings. The Kier molecular flexibility index (Phi) is 7.17. The van der Waals surface area contributed by atoms with Crippen molar-refractivity contribution in [3.8, 4) is 5.75 Å². The van der Waals surface area contributed by atoms with Gasteiger partial charge < -0.3 is 20.7 Å². The van der Waals surface area contributed by atoms with Gasteiger partial charge in [0.2, 0.25) is 0 Å². The van der Waals surface area contributed by atoms with Crippen molar-refractivity contribution in [2.45, 2.75) is 13.0 Å². The highest BCUT2D eigenvalue weighted by molar-refractivity contribution is 6.32. The molecule has 0 spiro atoms. The Morgan fingerprint density at radius 3 is 2.10 bits per heavy atom. The number of hydrogen-bond donors (Lipinski definition) is 3. The molecule has 8 heteroatoms. The molecule has 0 heterocycles. The fourth-order valence-electron chi connectivity index (χ4n) is 2.52. The highest BCUT2D eigenvalue weighted by Gasteiger charge is 2.16. The van der Waals surface area contributed by atoms with Crippen LogP contribution >= 0.6 is 23.2 Å². The van der Waals surface area contributed by atoms with E-state index < -0.39 is 12.1 Å². The van der Waals surface area contributed by atoms with E-state index in [2.05, 4.69) is 16.0 Å². The van der Waals surface area contributed by atoms with Crippen molar-refractivity contribution in [3.63, 3.8) is 0 Å². The monoisotopic (exact) mass is 443 g/mol. The molecule has 3 amide bonds. The molecule has 3 N–H and O–H groups in total. The van der Waals surface area contributed by atoms with E-state index in [9.17, 15) is 9.59 Å². The van der Waals surface area contributed by atoms with Crippen LogP contribution in [0.25, 0.3) is 0 Å². The van der Waals surface area contributed by atoms with Crippen LogP contribution in [0.1, 0.15) is 6.92 Å². The standard InChI is InChI=1S/C22H19Cl2N3O3/c1-14(30-20-8-3-2-7-19(20)24)21(28)25-16-9-11-17(12-10-16)26-22(29)27-18-6-4-5-15(23)13-18/h2-14H,1H3,(H,25,28)(H2,26,27,29). The van der Waals surface area contributed by atoms with Gasteiger partial charge >= 0.3 is 6.03 Å². The lowest BCUT2D eigenvalue weighted by Gasteiger charge is -2.16. The van der Waals surface area contributed by atoms with E-state index in [0.717, 1.165) is 0 Å². The molecule has 0 saturated heterocycles. The van der Waals surface area contributed by atoms with E-state index >= 15 is 0 Å². The lowest BCUT2D eigenvalue weighted by atomic mass is 10.2. The maximum atomic E-state index is 12.4. The molecular formula is C22H19Cl2N3O3. The highest BCUT2D eigenvalue weighted by Crippen LogP contribution is 2.24. The summed E-state index contributed by atoms with van der Waals surface area (Å²) in [6.07, 6.45) is -0.744. The Bertz CT molecular complexity index is 1040. The number of para-hydroxylation sites is 1. The van der Waals surface area contributed by atoms with Gasteiger partial charge in [-0.2, -0.15) is 0 Å². The molecule has 0 radical (unpaired) electrons. The Morgan fingerprint density at radius 1 is 0.800 bits per heavy atom. The van der Waals surface area contributed by atoms with Gasteiger partial charge in [0, 0.05) is 22.1 Å². The maximum absolute atomic E-state index is 12.4. The molecule has 3 aromatic rings. The van der Waals surface area contributed by atoms with E-state index in [1.165, 1.54) is 0 Å². The number of rotatable bonds is 6. The predicted octanol–water partition coefficient (Wildman–Crippen LogP) is 6.04. The second-order valence-corrected chi connectivity index (χ2v) is 7.19. The summed E-state index contributed by atoms with van der Waals surface area (Å²) in [5.74, 6) is 0.112. The highest BCUT2D eigenvalue weighted by atomic mass is 35.5. The second-order valence-electron chi connectivity index (χ2n) is 6.35. The Morgan fingerprint density at radius 2 is 1.43 bits per heavy atom. The summed E-state index contributed by atoms with van der Waals surface area (Å²) in [6, 6.07) is 20.1. The molecule has 0 aromatic heterocycles. The normalized spacial score (nSPS) is 11.3. The summed E-state index contributed by atoms with van der Waals surface area (Å²) in [7, 11) is 0. The van der Waals surface area contributed by atoms with E-state index in [-0.39, 0.29) is 5.91 Å². The number of nitrogens with one attached hydrogen (secondary N) is 3. The van der Waals surface area contributed by atoms with Crippen molar-refractivity contribution in [2.24, 2.45) is 0 Å². The first-order valence-electron chi connectivity index (χ1n) is 9.06. The molecule has 0 aliphatic rings. The number of hydrogen-bond acceptors (Lipinski definition) is 3. The van der Waals surface area contributed by atoms with Crippen LogP contribution in [0.2, 0.25) is 10.0 Å². The van der Waals surface area contributed by atoms with Gasteiger partial charge in [0.15, 0.2) is 6.10 Å². The van der Waals surface area contributed by atoms with Crippen LogP contribution < -0.4 is 20.7 Å². The van der Waals surface area contributed by atoms with E-state index in [1.54, 1.807) is 79.7 Å². The van der Waals surface area contributed by atoms with Gasteiger partial charge in [0.1, 0.15) is 5.75 Å². The fraction of sp³-hybridized carbons (Fsp3) is 0.0909. The molecular weight excluding hydrogens is 425 g/mol. The van der Waals surface area contributed by atoms with Crippen LogP contribution in [-0.4, -0.2) is 18.0 Å². The zero-order valence-electron chi connectivity index (χ0n) is 16.0. The Balaban J connectivity index is 1.53. The third-order valence-corrected chi connectivity index (χ3v) is 4.55. The average molecular weight is 444 g/mol. The molecule has 0 saturated carbocycles. The molecule has 3 rings (SSSR count). The van der Waals surface area contributed by atoms with Crippen LogP contribution in [0, 0.1) is 0 Å². The SMILES string of the molecule is CC(Oc1ccccc1Cl)C(=O)Nc1ccc(NC(=O)Nc2cccc(Cl)c2)cc1. The number of carbonyl (C=O) groups is 2. The van der Waals surface area contributed by atoms with Gasteiger partial charge in [0.25, 0.3) is 5.91 Å². The molecule has 154 valence electrons. The average Bonchev–Trinajstić information content (AvgIpc) is 2.71. The first-order valence-corrected chi connectivity index (χ1v) is 9.82. The molecule has 3 aromatic carbocycles. The molecule has 0 aliphatic heterocycles. The minimum Gasteiger partial charge on any atom is -0.479 e. The van der Waals surface area contributed by atoms with Crippen LogP contribution in [0.4, 0.5) is 21.9 Å². The maximum Gasteiger partial charge on any atom is 0.323 e. The number of carbonyl (C=O) groups excluding carboxylic acids is 2. The van der Waals surface area contributed by atoms with Gasteiger partial charge in [-0.15, -0.1) is 0 Å². The van der Waals surface area contributed by atoms with Crippen LogP contribution in [0.15, 0.2) is 72.8 Å². The summed E-state index contributed by atoms with van der Waals surface area (Å²) in [4.78, 5) is 24.4. The van der Waals surface area contributed by atoms with Gasteiger partial charge in [-0.25, -0.2) is 4.79 Å². The molecule has 6 nitrogen and oxygen atoms in total. The van der Waals surface area contributed by atoms with Crippen molar-refractivity contribution in [1.82, 2.24) is 0 Å². The summed E-state index contributed by atoms with van der Waals surface area (Å²) < 4.78 is 5.60. The third-order valence-electron chi connectivity index (χ3n) is 4.00. The molecule has 1 atom stereocenters. The number of urea groups is 1. The minimum atomic E-state index is -0.744. The number of benzene rings is 3. The minimum absolute atomic E-state index is 0.325. The smallest absolute Gasteiger partial charge is 0.323 e. The second kappa shape index (κ2) is 10.0. The third kappa shape index (κ3) is 6.14. The topological polar surface area (TPSA) is 79.5 Å². The van der Waals surface area contributed by atoms with Gasteiger partial charge in [0.05, 0.1) is 5.02 Å². The fourth-order valence-corrected chi connectivity index (χ4v) is 2.90. The zero-order valence-corrected chi connectivity index (χ0v) is 17.5. The van der Waals surface area contributed by atoms with Gasteiger partial charge in [-0.1, -0.05) is 41.4 Å². The first kappa shape index (κ1) is 21.5. The summed E-state index contributed by atoms with van der Waals surface area (Å²) in [5, 5.41) is 9.12. The number of amides is 3. The number of ether oxygens (including phenoxy) is 1. The van der Waals surface area contributed by atoms with E-state index in [0.29, 0.717) is 32.9 Å². The van der Waals surface area contributed by atoms with Crippen molar-refractivity contribution in [2.75, 3.05) is 16.0 Å². The van der Waals surface area contributed by atoms with Crippen molar-refractivity contribution in [1.29, 1.82) is 0 Å². The largest absolute Gasteiger partial charge is 0.479 e. The van der Waals surface area contributed by atoms with Crippen molar-refractivity contribution in [3.05, 3.63) is 82.8 Å². The van der Waals surface area contributed by atoms with Gasteiger partial charge in [-0.3, -0.25) is 4.79 Å².